The lowest BCUT2D eigenvalue weighted by Crippen LogP contribution is -2.00. The summed E-state index contributed by atoms with van der Waals surface area (Å²) in [6.07, 6.45) is 0.632. The van der Waals surface area contributed by atoms with E-state index in [1.807, 2.05) is 0 Å². The zero-order valence-corrected chi connectivity index (χ0v) is 4.09. The van der Waals surface area contributed by atoms with Crippen molar-refractivity contribution in [1.82, 2.24) is 10.2 Å². The van der Waals surface area contributed by atoms with Gasteiger partial charge in [-0.05, 0) is 11.7 Å². The van der Waals surface area contributed by atoms with Crippen molar-refractivity contribution in [3.8, 4) is 0 Å². The number of aldehydes is 1. The molecule has 1 rings (SSSR count). The van der Waals surface area contributed by atoms with E-state index in [9.17, 15) is 4.79 Å². The zero-order valence-electron chi connectivity index (χ0n) is 4.09. The van der Waals surface area contributed by atoms with Crippen LogP contribution in [-0.2, 0) is 0 Å². The van der Waals surface area contributed by atoms with E-state index in [-0.39, 0.29) is 0 Å². The molecule has 8 heavy (non-hydrogen) atoms. The number of nitrogens with zero attached hydrogens (tertiary/aromatic N) is 1. The van der Waals surface area contributed by atoms with Gasteiger partial charge in [0.05, 0.1) is 0 Å². The quantitative estimate of drug-likeness (QED) is 0.369. The molecule has 0 saturated heterocycles. The first-order chi connectivity index (χ1) is 3.83. The number of hydrogen-bond acceptors (Lipinski definition) is 2. The molecule has 0 unspecified atom stereocenters. The molecule has 0 amide bonds. The number of carbonyl (C=O) groups excluding carboxylic acids is 1. The molecule has 1 aromatic heterocycles. The van der Waals surface area contributed by atoms with Crippen LogP contribution in [0.15, 0.2) is 6.07 Å². The van der Waals surface area contributed by atoms with Crippen LogP contribution in [0.4, 0.5) is 0 Å². The van der Waals surface area contributed by atoms with E-state index >= 15 is 0 Å². The standard InChI is InChI=1S/C4H3BN2O/c5-4-1-3(2-8)6-7-4/h1-2H,(H,6,7). The highest BCUT2D eigenvalue weighted by Crippen LogP contribution is 1.78. The Morgan fingerprint density at radius 2 is 2.62 bits per heavy atom. The number of H-pyrrole nitrogens is 1. The summed E-state index contributed by atoms with van der Waals surface area (Å²) < 4.78 is 0. The first-order valence-corrected chi connectivity index (χ1v) is 2.09. The van der Waals surface area contributed by atoms with Crippen LogP contribution in [0.25, 0.3) is 0 Å². The van der Waals surface area contributed by atoms with Gasteiger partial charge in [-0.15, -0.1) is 0 Å². The van der Waals surface area contributed by atoms with Gasteiger partial charge in [0.2, 0.25) is 0 Å². The smallest absolute Gasteiger partial charge is 0.170 e. The molecule has 0 aliphatic rings. The summed E-state index contributed by atoms with van der Waals surface area (Å²) in [5, 5.41) is 5.93. The monoisotopic (exact) mass is 106 g/mol. The van der Waals surface area contributed by atoms with Gasteiger partial charge in [0.15, 0.2) is 6.29 Å². The summed E-state index contributed by atoms with van der Waals surface area (Å²) >= 11 is 0. The van der Waals surface area contributed by atoms with Gasteiger partial charge in [-0.25, -0.2) is 0 Å². The molecule has 0 bridgehead atoms. The second-order valence-electron chi connectivity index (χ2n) is 1.37. The topological polar surface area (TPSA) is 45.8 Å². The van der Waals surface area contributed by atoms with Crippen molar-refractivity contribution in [2.24, 2.45) is 0 Å². The molecular weight excluding hydrogens is 103 g/mol. The Morgan fingerprint density at radius 3 is 2.88 bits per heavy atom. The fourth-order valence-electron chi connectivity index (χ4n) is 0.413. The van der Waals surface area contributed by atoms with E-state index < -0.39 is 0 Å². The van der Waals surface area contributed by atoms with Crippen LogP contribution in [0.5, 0.6) is 0 Å². The van der Waals surface area contributed by atoms with Crippen molar-refractivity contribution in [3.05, 3.63) is 11.8 Å². The molecule has 0 aliphatic carbocycles. The van der Waals surface area contributed by atoms with Crippen molar-refractivity contribution < 1.29 is 4.79 Å². The maximum absolute atomic E-state index is 9.88. The molecule has 1 N–H and O–H groups in total. The number of nitrogens with one attached hydrogen (secondary N) is 1. The average molecular weight is 106 g/mol. The number of aromatic amines is 1. The van der Waals surface area contributed by atoms with Gasteiger partial charge in [-0.2, -0.15) is 5.10 Å². The highest BCUT2D eigenvalue weighted by Gasteiger charge is 1.90. The Kier molecular flexibility index (Phi) is 1.16. The van der Waals surface area contributed by atoms with Crippen LogP contribution in [0, 0.1) is 0 Å². The normalized spacial score (nSPS) is 9.00. The summed E-state index contributed by atoms with van der Waals surface area (Å²) in [6.45, 7) is 0. The Hall–Kier alpha value is -1.06. The summed E-state index contributed by atoms with van der Waals surface area (Å²) in [6, 6.07) is 1.47. The number of aromatic nitrogens is 2. The van der Waals surface area contributed by atoms with Gasteiger partial charge in [-0.3, -0.25) is 9.89 Å². The highest BCUT2D eigenvalue weighted by atomic mass is 16.1. The number of carbonyl (C=O) groups is 1. The van der Waals surface area contributed by atoms with E-state index in [4.69, 9.17) is 7.85 Å². The maximum atomic E-state index is 9.88. The lowest BCUT2D eigenvalue weighted by atomic mass is 10.1. The summed E-state index contributed by atoms with van der Waals surface area (Å²) in [7, 11) is 5.18. The molecule has 1 aromatic rings. The molecule has 4 heteroatoms. The van der Waals surface area contributed by atoms with Gasteiger partial charge in [0, 0.05) is 0 Å². The Labute approximate surface area is 47.5 Å². The third-order valence-electron chi connectivity index (χ3n) is 0.738. The van der Waals surface area contributed by atoms with Gasteiger partial charge in [-0.1, -0.05) is 0 Å². The summed E-state index contributed by atoms with van der Waals surface area (Å²) in [5.41, 5.74) is 0.745. The molecule has 0 fully saturated rings. The van der Waals surface area contributed by atoms with Crippen LogP contribution >= 0.6 is 0 Å². The van der Waals surface area contributed by atoms with Crippen LogP contribution in [-0.4, -0.2) is 24.3 Å². The summed E-state index contributed by atoms with van der Waals surface area (Å²) in [4.78, 5) is 9.88. The third kappa shape index (κ3) is 0.778. The molecular formula is C4H3BN2O. The largest absolute Gasteiger partial charge is 0.296 e. The van der Waals surface area contributed by atoms with Crippen LogP contribution in [0.1, 0.15) is 10.5 Å². The minimum Gasteiger partial charge on any atom is -0.296 e. The predicted molar refractivity (Wildman–Crippen MR) is 29.4 cm³/mol. The van der Waals surface area contributed by atoms with E-state index in [1.54, 1.807) is 0 Å². The zero-order chi connectivity index (χ0) is 5.98. The highest BCUT2D eigenvalue weighted by molar-refractivity contribution is 6.30. The van der Waals surface area contributed by atoms with Gasteiger partial charge in [0.25, 0.3) is 0 Å². The minimum absolute atomic E-state index is 0.336. The van der Waals surface area contributed by atoms with Crippen LogP contribution in [0.3, 0.4) is 0 Å². The Bertz CT molecular complexity index is 196. The van der Waals surface area contributed by atoms with Crippen LogP contribution < -0.4 is 5.59 Å². The first kappa shape index (κ1) is 5.09. The molecule has 0 spiro atoms. The lowest BCUT2D eigenvalue weighted by molar-refractivity contribution is 0.111. The van der Waals surface area contributed by atoms with Crippen LogP contribution in [0.2, 0.25) is 0 Å². The second-order valence-corrected chi connectivity index (χ2v) is 1.37. The Balaban J connectivity index is 3.00. The van der Waals surface area contributed by atoms with E-state index in [1.165, 1.54) is 6.07 Å². The fraction of sp³-hybridized carbons (Fsp3) is 0. The Morgan fingerprint density at radius 1 is 1.88 bits per heavy atom. The average Bonchev–Trinajstić information content (AvgIpc) is 2.14. The van der Waals surface area contributed by atoms with E-state index in [2.05, 4.69) is 10.2 Å². The van der Waals surface area contributed by atoms with Gasteiger partial charge in [0.1, 0.15) is 13.5 Å². The molecule has 38 valence electrons. The SMILES string of the molecule is [B]c1cc(C=O)n[nH]1. The molecule has 0 saturated carbocycles. The molecule has 3 nitrogen and oxygen atoms in total. The van der Waals surface area contributed by atoms with Gasteiger partial charge >= 0.3 is 0 Å². The van der Waals surface area contributed by atoms with E-state index in [0.29, 0.717) is 17.6 Å². The molecule has 0 aliphatic heterocycles. The molecule has 0 atom stereocenters. The number of hydrogen-bond donors (Lipinski definition) is 1. The minimum atomic E-state index is 0.336. The molecule has 1 heterocycles. The predicted octanol–water partition coefficient (Wildman–Crippen LogP) is -0.984. The molecule has 0 aromatic carbocycles. The lowest BCUT2D eigenvalue weighted by Gasteiger charge is -1.68. The summed E-state index contributed by atoms with van der Waals surface area (Å²) in [5.74, 6) is 0. The van der Waals surface area contributed by atoms with Gasteiger partial charge < -0.3 is 0 Å². The van der Waals surface area contributed by atoms with Crippen molar-refractivity contribution >= 4 is 19.7 Å². The fourth-order valence-corrected chi connectivity index (χ4v) is 0.413. The van der Waals surface area contributed by atoms with E-state index in [0.717, 1.165) is 0 Å². The van der Waals surface area contributed by atoms with Crippen molar-refractivity contribution in [2.45, 2.75) is 0 Å². The van der Waals surface area contributed by atoms with Crippen molar-refractivity contribution in [1.29, 1.82) is 0 Å². The second kappa shape index (κ2) is 1.82. The molecule has 2 radical (unpaired) electrons. The maximum Gasteiger partial charge on any atom is 0.170 e. The van der Waals surface area contributed by atoms with Crippen molar-refractivity contribution in [3.63, 3.8) is 0 Å². The third-order valence-corrected chi connectivity index (χ3v) is 0.738. The van der Waals surface area contributed by atoms with Crippen molar-refractivity contribution in [2.75, 3.05) is 0 Å². The number of rotatable bonds is 1. The first-order valence-electron chi connectivity index (χ1n) is 2.09.